The summed E-state index contributed by atoms with van der Waals surface area (Å²) >= 11 is 0. The van der Waals surface area contributed by atoms with Crippen LogP contribution in [-0.2, 0) is 0 Å². The molecule has 0 unspecified atom stereocenters. The van der Waals surface area contributed by atoms with Crippen LogP contribution in [0.5, 0.6) is 0 Å². The number of rotatable bonds is 4. The molecular weight excluding hydrogens is 356 g/mol. The van der Waals surface area contributed by atoms with Gasteiger partial charge in [-0.05, 0) is 31.2 Å². The molecule has 9 nitrogen and oxygen atoms in total. The molecule has 1 aliphatic rings. The average Bonchev–Trinajstić information content (AvgIpc) is 2.75. The van der Waals surface area contributed by atoms with Crippen LogP contribution >= 0.6 is 0 Å². The Morgan fingerprint density at radius 1 is 1.07 bits per heavy atom. The number of nitrogens with one attached hydrogen (secondary N) is 2. The van der Waals surface area contributed by atoms with Crippen molar-refractivity contribution in [1.82, 2.24) is 30.2 Å². The largest absolute Gasteiger partial charge is 0.354 e. The average molecular weight is 376 g/mol. The van der Waals surface area contributed by atoms with Crippen LogP contribution < -0.4 is 15.5 Å². The van der Waals surface area contributed by atoms with Crippen molar-refractivity contribution in [2.75, 3.05) is 36.4 Å². The second-order valence-corrected chi connectivity index (χ2v) is 6.34. The van der Waals surface area contributed by atoms with Crippen LogP contribution in [0.3, 0.4) is 0 Å². The van der Waals surface area contributed by atoms with Gasteiger partial charge in [0.15, 0.2) is 5.82 Å². The Bertz CT molecular complexity index is 973. The molecule has 2 N–H and O–H groups in total. The van der Waals surface area contributed by atoms with Gasteiger partial charge in [0.1, 0.15) is 17.8 Å². The summed E-state index contributed by atoms with van der Waals surface area (Å²) in [5.41, 5.74) is 1.75. The fraction of sp³-hybridized carbons (Fsp3) is 0.263. The Kier molecular flexibility index (Phi) is 5.16. The van der Waals surface area contributed by atoms with E-state index in [0.29, 0.717) is 22.8 Å². The lowest BCUT2D eigenvalue weighted by Gasteiger charge is -2.28. The van der Waals surface area contributed by atoms with Crippen LogP contribution in [0.15, 0.2) is 42.9 Å². The van der Waals surface area contributed by atoms with Crippen molar-refractivity contribution in [3.63, 3.8) is 0 Å². The number of pyridine rings is 2. The van der Waals surface area contributed by atoms with E-state index in [4.69, 9.17) is 0 Å². The molecule has 1 aliphatic heterocycles. The molecule has 9 heteroatoms. The summed E-state index contributed by atoms with van der Waals surface area (Å²) in [4.78, 5) is 36.1. The first-order valence-electron chi connectivity index (χ1n) is 9.06. The fourth-order valence-electron chi connectivity index (χ4n) is 3.00. The van der Waals surface area contributed by atoms with E-state index in [9.17, 15) is 4.79 Å². The monoisotopic (exact) mass is 376 g/mol. The van der Waals surface area contributed by atoms with Gasteiger partial charge in [0, 0.05) is 32.4 Å². The van der Waals surface area contributed by atoms with Crippen molar-refractivity contribution in [3.05, 3.63) is 54.1 Å². The molecule has 0 saturated carbocycles. The summed E-state index contributed by atoms with van der Waals surface area (Å²) in [5.74, 6) is 1.14. The molecule has 142 valence electrons. The number of hydrogen-bond donors (Lipinski definition) is 2. The normalized spacial score (nSPS) is 14.0. The van der Waals surface area contributed by atoms with Crippen LogP contribution in [0, 0.1) is 6.92 Å². The standard InChI is InChI=1S/C19H20N8O/c1-13-14(5-6-16(24-13)27-10-8-20-9-11-27)18(28)26-19-23-12-22-17(25-19)15-4-2-3-7-21-15/h2-7,12,20H,8-11H2,1H3,(H,22,23,25,26,28). The molecule has 3 aromatic rings. The Morgan fingerprint density at radius 2 is 1.93 bits per heavy atom. The number of piperazine rings is 1. The molecule has 1 saturated heterocycles. The zero-order valence-electron chi connectivity index (χ0n) is 15.5. The number of carbonyl (C=O) groups is 1. The van der Waals surface area contributed by atoms with Crippen molar-refractivity contribution in [2.24, 2.45) is 0 Å². The number of aryl methyl sites for hydroxylation is 1. The van der Waals surface area contributed by atoms with Gasteiger partial charge in [0.25, 0.3) is 5.91 Å². The lowest BCUT2D eigenvalue weighted by atomic mass is 10.2. The van der Waals surface area contributed by atoms with E-state index in [1.807, 2.05) is 25.1 Å². The third kappa shape index (κ3) is 3.94. The molecule has 0 aromatic carbocycles. The van der Waals surface area contributed by atoms with Gasteiger partial charge in [0.2, 0.25) is 5.95 Å². The van der Waals surface area contributed by atoms with Crippen molar-refractivity contribution < 1.29 is 4.79 Å². The van der Waals surface area contributed by atoms with E-state index in [-0.39, 0.29) is 11.9 Å². The summed E-state index contributed by atoms with van der Waals surface area (Å²) < 4.78 is 0. The molecule has 0 bridgehead atoms. The highest BCUT2D eigenvalue weighted by atomic mass is 16.1. The molecule has 1 amide bonds. The molecular formula is C19H20N8O. The highest BCUT2D eigenvalue weighted by Crippen LogP contribution is 2.17. The maximum Gasteiger partial charge on any atom is 0.259 e. The fourth-order valence-corrected chi connectivity index (χ4v) is 3.00. The number of anilines is 2. The van der Waals surface area contributed by atoms with E-state index in [1.54, 1.807) is 18.3 Å². The van der Waals surface area contributed by atoms with Gasteiger partial charge in [-0.25, -0.2) is 15.0 Å². The first-order chi connectivity index (χ1) is 13.7. The molecule has 28 heavy (non-hydrogen) atoms. The zero-order chi connectivity index (χ0) is 19.3. The molecule has 0 atom stereocenters. The Balaban J connectivity index is 1.51. The van der Waals surface area contributed by atoms with Gasteiger partial charge in [-0.15, -0.1) is 0 Å². The summed E-state index contributed by atoms with van der Waals surface area (Å²) in [6, 6.07) is 9.12. The van der Waals surface area contributed by atoms with Crippen molar-refractivity contribution in [3.8, 4) is 11.5 Å². The maximum atomic E-state index is 12.7. The molecule has 4 heterocycles. The topological polar surface area (TPSA) is 109 Å². The van der Waals surface area contributed by atoms with Gasteiger partial charge in [-0.1, -0.05) is 6.07 Å². The minimum absolute atomic E-state index is 0.172. The van der Waals surface area contributed by atoms with Gasteiger partial charge >= 0.3 is 0 Å². The summed E-state index contributed by atoms with van der Waals surface area (Å²) in [7, 11) is 0. The van der Waals surface area contributed by atoms with Crippen molar-refractivity contribution >= 4 is 17.7 Å². The number of hydrogen-bond acceptors (Lipinski definition) is 8. The molecule has 1 fully saturated rings. The molecule has 0 spiro atoms. The predicted octanol–water partition coefficient (Wildman–Crippen LogP) is 1.30. The SMILES string of the molecule is Cc1nc(N2CCNCC2)ccc1C(=O)Nc1ncnc(-c2ccccn2)n1. The van der Waals surface area contributed by atoms with E-state index in [1.165, 1.54) is 6.33 Å². The van der Waals surface area contributed by atoms with Gasteiger partial charge in [-0.2, -0.15) is 4.98 Å². The quantitative estimate of drug-likeness (QED) is 0.701. The summed E-state index contributed by atoms with van der Waals surface area (Å²) in [6.45, 7) is 5.49. The lowest BCUT2D eigenvalue weighted by Crippen LogP contribution is -2.44. The minimum atomic E-state index is -0.310. The van der Waals surface area contributed by atoms with Crippen molar-refractivity contribution in [1.29, 1.82) is 0 Å². The van der Waals surface area contributed by atoms with E-state index in [2.05, 4.69) is 40.5 Å². The Morgan fingerprint density at radius 3 is 2.68 bits per heavy atom. The minimum Gasteiger partial charge on any atom is -0.354 e. The van der Waals surface area contributed by atoms with Crippen LogP contribution in [0.4, 0.5) is 11.8 Å². The van der Waals surface area contributed by atoms with Crippen LogP contribution in [0.1, 0.15) is 16.1 Å². The first-order valence-corrected chi connectivity index (χ1v) is 9.06. The molecule has 0 radical (unpaired) electrons. The number of amides is 1. The second-order valence-electron chi connectivity index (χ2n) is 6.34. The van der Waals surface area contributed by atoms with E-state index >= 15 is 0 Å². The predicted molar refractivity (Wildman–Crippen MR) is 105 cm³/mol. The van der Waals surface area contributed by atoms with Gasteiger partial charge in [0.05, 0.1) is 11.3 Å². The third-order valence-electron chi connectivity index (χ3n) is 4.45. The Hall–Kier alpha value is -3.46. The molecule has 0 aliphatic carbocycles. The molecule has 4 rings (SSSR count). The zero-order valence-corrected chi connectivity index (χ0v) is 15.5. The first kappa shape index (κ1) is 17.9. The van der Waals surface area contributed by atoms with E-state index < -0.39 is 0 Å². The highest BCUT2D eigenvalue weighted by molar-refractivity contribution is 6.04. The van der Waals surface area contributed by atoms with Crippen LogP contribution in [0.2, 0.25) is 0 Å². The van der Waals surface area contributed by atoms with E-state index in [0.717, 1.165) is 32.0 Å². The maximum absolute atomic E-state index is 12.7. The summed E-state index contributed by atoms with van der Waals surface area (Å²) in [6.07, 6.45) is 3.01. The number of nitrogens with zero attached hydrogens (tertiary/aromatic N) is 6. The van der Waals surface area contributed by atoms with Gasteiger partial charge in [-0.3, -0.25) is 15.1 Å². The summed E-state index contributed by atoms with van der Waals surface area (Å²) in [5, 5.41) is 6.03. The Labute approximate surface area is 162 Å². The van der Waals surface area contributed by atoms with Crippen molar-refractivity contribution in [2.45, 2.75) is 6.92 Å². The smallest absolute Gasteiger partial charge is 0.259 e. The third-order valence-corrected chi connectivity index (χ3v) is 4.45. The lowest BCUT2D eigenvalue weighted by molar-refractivity contribution is 0.102. The van der Waals surface area contributed by atoms with Crippen LogP contribution in [0.25, 0.3) is 11.5 Å². The highest BCUT2D eigenvalue weighted by Gasteiger charge is 2.16. The number of aromatic nitrogens is 5. The van der Waals surface area contributed by atoms with Crippen LogP contribution in [-0.4, -0.2) is 57.0 Å². The van der Waals surface area contributed by atoms with Gasteiger partial charge < -0.3 is 10.2 Å². The number of carbonyl (C=O) groups excluding carboxylic acids is 1. The molecule has 3 aromatic heterocycles. The second kappa shape index (κ2) is 8.05.